The number of aliphatic hydroxyl groups excluding tert-OH is 1. The molecule has 9 heteroatoms. The van der Waals surface area contributed by atoms with E-state index in [2.05, 4.69) is 0 Å². The molecule has 1 N–H and O–H groups in total. The normalized spacial score (nSPS) is 17.0. The fourth-order valence-electron chi connectivity index (χ4n) is 4.30. The van der Waals surface area contributed by atoms with E-state index in [0.29, 0.717) is 53.7 Å². The summed E-state index contributed by atoms with van der Waals surface area (Å²) < 4.78 is 21.9. The summed E-state index contributed by atoms with van der Waals surface area (Å²) in [6.45, 7) is 3.43. The zero-order valence-corrected chi connectivity index (χ0v) is 21.7. The van der Waals surface area contributed by atoms with Gasteiger partial charge in [0.2, 0.25) is 5.75 Å². The van der Waals surface area contributed by atoms with E-state index in [0.717, 1.165) is 6.54 Å². The maximum atomic E-state index is 13.3. The van der Waals surface area contributed by atoms with Crippen LogP contribution in [0, 0.1) is 0 Å². The van der Waals surface area contributed by atoms with Crippen molar-refractivity contribution in [2.75, 3.05) is 55.1 Å². The molecular formula is C27H34N2O7. The minimum atomic E-state index is -0.840. The third kappa shape index (κ3) is 5.41. The van der Waals surface area contributed by atoms with Crippen LogP contribution < -0.4 is 18.9 Å². The van der Waals surface area contributed by atoms with Crippen LogP contribution >= 0.6 is 0 Å². The Morgan fingerprint density at radius 1 is 1.00 bits per heavy atom. The van der Waals surface area contributed by atoms with Gasteiger partial charge < -0.3 is 33.9 Å². The fourth-order valence-corrected chi connectivity index (χ4v) is 4.30. The maximum absolute atomic E-state index is 13.3. The number of Topliss-reactive ketones (excluding diaryl/α,β-unsaturated/α-hetero) is 1. The number of methoxy groups -OCH3 is 3. The van der Waals surface area contributed by atoms with Crippen LogP contribution in [0.15, 0.2) is 42.0 Å². The molecule has 1 heterocycles. The summed E-state index contributed by atoms with van der Waals surface area (Å²) >= 11 is 0. The number of likely N-dealkylation sites (tertiary alicyclic amines) is 1. The smallest absolute Gasteiger partial charge is 0.295 e. The summed E-state index contributed by atoms with van der Waals surface area (Å²) in [5.41, 5.74) is 0.964. The third-order valence-corrected chi connectivity index (χ3v) is 5.99. The SMILES string of the molecule is CCOc1ccc(C(O)=C2C(=O)C(=O)N(CCCN(C)C)[C@H]2c2cc(OC)c(OC)c(OC)c2)cc1. The minimum Gasteiger partial charge on any atom is -0.507 e. The molecule has 0 saturated carbocycles. The summed E-state index contributed by atoms with van der Waals surface area (Å²) in [5, 5.41) is 11.3. The Morgan fingerprint density at radius 3 is 2.11 bits per heavy atom. The Labute approximate surface area is 211 Å². The topological polar surface area (TPSA) is 97.8 Å². The fraction of sp³-hybridized carbons (Fsp3) is 0.407. The number of carbonyl (C=O) groups excluding carboxylic acids is 2. The van der Waals surface area contributed by atoms with E-state index in [1.54, 1.807) is 36.4 Å². The second-order valence-corrected chi connectivity index (χ2v) is 8.57. The van der Waals surface area contributed by atoms with Crippen LogP contribution in [-0.4, -0.2) is 81.7 Å². The number of hydrogen-bond donors (Lipinski definition) is 1. The first-order valence-corrected chi connectivity index (χ1v) is 11.7. The predicted octanol–water partition coefficient (Wildman–Crippen LogP) is 3.48. The molecule has 0 aliphatic carbocycles. The van der Waals surface area contributed by atoms with Gasteiger partial charge in [0.05, 0.1) is 39.6 Å². The van der Waals surface area contributed by atoms with Crippen LogP contribution in [0.1, 0.15) is 30.5 Å². The first-order valence-electron chi connectivity index (χ1n) is 11.7. The molecule has 9 nitrogen and oxygen atoms in total. The van der Waals surface area contributed by atoms with E-state index < -0.39 is 17.7 Å². The molecular weight excluding hydrogens is 464 g/mol. The molecule has 1 fully saturated rings. The van der Waals surface area contributed by atoms with Crippen LogP contribution in [0.25, 0.3) is 5.76 Å². The monoisotopic (exact) mass is 498 g/mol. The lowest BCUT2D eigenvalue weighted by Gasteiger charge is -2.27. The summed E-state index contributed by atoms with van der Waals surface area (Å²) in [7, 11) is 8.37. The first kappa shape index (κ1) is 26.9. The Balaban J connectivity index is 2.18. The molecule has 1 amide bonds. The largest absolute Gasteiger partial charge is 0.507 e. The highest BCUT2D eigenvalue weighted by molar-refractivity contribution is 6.46. The number of hydrogen-bond acceptors (Lipinski definition) is 8. The molecule has 2 aromatic carbocycles. The van der Waals surface area contributed by atoms with Gasteiger partial charge >= 0.3 is 0 Å². The number of ketones is 1. The van der Waals surface area contributed by atoms with Gasteiger partial charge in [-0.05, 0) is 75.9 Å². The highest BCUT2D eigenvalue weighted by atomic mass is 16.5. The van der Waals surface area contributed by atoms with Crippen molar-refractivity contribution in [2.45, 2.75) is 19.4 Å². The number of aliphatic hydroxyl groups is 1. The molecule has 2 aromatic rings. The quantitative estimate of drug-likeness (QED) is 0.286. The van der Waals surface area contributed by atoms with Gasteiger partial charge in [-0.25, -0.2) is 0 Å². The van der Waals surface area contributed by atoms with Gasteiger partial charge in [0.15, 0.2) is 11.5 Å². The van der Waals surface area contributed by atoms with Crippen LogP contribution in [0.2, 0.25) is 0 Å². The van der Waals surface area contributed by atoms with E-state index in [4.69, 9.17) is 18.9 Å². The Bertz CT molecular complexity index is 1100. The number of ether oxygens (including phenoxy) is 4. The number of nitrogens with zero attached hydrogens (tertiary/aromatic N) is 2. The van der Waals surface area contributed by atoms with Crippen molar-refractivity contribution in [2.24, 2.45) is 0 Å². The minimum absolute atomic E-state index is 0.00304. The predicted molar refractivity (Wildman–Crippen MR) is 136 cm³/mol. The zero-order chi connectivity index (χ0) is 26.4. The highest BCUT2D eigenvalue weighted by Gasteiger charge is 2.46. The summed E-state index contributed by atoms with van der Waals surface area (Å²) in [4.78, 5) is 30.0. The van der Waals surface area contributed by atoms with E-state index in [1.165, 1.54) is 26.2 Å². The van der Waals surface area contributed by atoms with Crippen molar-refractivity contribution in [1.29, 1.82) is 0 Å². The Hall–Kier alpha value is -3.72. The van der Waals surface area contributed by atoms with E-state index in [9.17, 15) is 14.7 Å². The summed E-state index contributed by atoms with van der Waals surface area (Å²) in [5.74, 6) is 0.119. The number of rotatable bonds is 11. The van der Waals surface area contributed by atoms with Gasteiger partial charge in [0.1, 0.15) is 11.5 Å². The lowest BCUT2D eigenvalue weighted by atomic mass is 9.94. The molecule has 36 heavy (non-hydrogen) atoms. The van der Waals surface area contributed by atoms with Gasteiger partial charge in [0.25, 0.3) is 11.7 Å². The molecule has 0 spiro atoms. The second kappa shape index (κ2) is 11.8. The van der Waals surface area contributed by atoms with Crippen LogP contribution in [-0.2, 0) is 9.59 Å². The van der Waals surface area contributed by atoms with Crippen molar-refractivity contribution >= 4 is 17.4 Å². The van der Waals surface area contributed by atoms with Crippen LogP contribution in [0.4, 0.5) is 0 Å². The Morgan fingerprint density at radius 2 is 1.61 bits per heavy atom. The average molecular weight is 499 g/mol. The zero-order valence-electron chi connectivity index (χ0n) is 21.7. The van der Waals surface area contributed by atoms with Crippen LogP contribution in [0.5, 0.6) is 23.0 Å². The van der Waals surface area contributed by atoms with Crippen molar-refractivity contribution in [1.82, 2.24) is 9.80 Å². The van der Waals surface area contributed by atoms with Gasteiger partial charge in [-0.1, -0.05) is 0 Å². The molecule has 0 aromatic heterocycles. The molecule has 0 bridgehead atoms. The first-order chi connectivity index (χ1) is 17.3. The standard InChI is InChI=1S/C27H34N2O7/c1-7-36-19-11-9-17(10-12-19)24(30)22-23(29(27(32)25(22)31)14-8-13-28(2)3)18-15-20(33-4)26(35-6)21(16-18)34-5/h9-12,15-16,23,30H,7-8,13-14H2,1-6H3/t23-/m0/s1. The van der Waals surface area contributed by atoms with E-state index >= 15 is 0 Å². The molecule has 0 unspecified atom stereocenters. The maximum Gasteiger partial charge on any atom is 0.295 e. The molecule has 194 valence electrons. The Kier molecular flexibility index (Phi) is 8.82. The average Bonchev–Trinajstić information content (AvgIpc) is 3.12. The molecule has 0 radical (unpaired) electrons. The van der Waals surface area contributed by atoms with Crippen molar-refractivity contribution < 1.29 is 33.6 Å². The van der Waals surface area contributed by atoms with Crippen molar-refractivity contribution in [3.05, 3.63) is 53.1 Å². The van der Waals surface area contributed by atoms with E-state index in [1.807, 2.05) is 25.9 Å². The van der Waals surface area contributed by atoms with Crippen molar-refractivity contribution in [3.63, 3.8) is 0 Å². The second-order valence-electron chi connectivity index (χ2n) is 8.57. The van der Waals surface area contributed by atoms with Gasteiger partial charge in [-0.15, -0.1) is 0 Å². The lowest BCUT2D eigenvalue weighted by molar-refractivity contribution is -0.139. The van der Waals surface area contributed by atoms with E-state index in [-0.39, 0.29) is 11.3 Å². The van der Waals surface area contributed by atoms with Crippen molar-refractivity contribution in [3.8, 4) is 23.0 Å². The lowest BCUT2D eigenvalue weighted by Crippen LogP contribution is -2.32. The highest BCUT2D eigenvalue weighted by Crippen LogP contribution is 2.45. The van der Waals surface area contributed by atoms with Crippen LogP contribution in [0.3, 0.4) is 0 Å². The summed E-state index contributed by atoms with van der Waals surface area (Å²) in [6, 6.07) is 9.29. The number of benzene rings is 2. The van der Waals surface area contributed by atoms with Gasteiger partial charge in [0, 0.05) is 12.1 Å². The number of carbonyl (C=O) groups is 2. The molecule has 1 aliphatic heterocycles. The molecule has 1 atom stereocenters. The number of amides is 1. The third-order valence-electron chi connectivity index (χ3n) is 5.99. The molecule has 1 aliphatic rings. The van der Waals surface area contributed by atoms with Gasteiger partial charge in [-0.3, -0.25) is 9.59 Å². The summed E-state index contributed by atoms with van der Waals surface area (Å²) in [6.07, 6.45) is 0.643. The molecule has 3 rings (SSSR count). The molecule has 1 saturated heterocycles. The van der Waals surface area contributed by atoms with Gasteiger partial charge in [-0.2, -0.15) is 0 Å².